The Bertz CT molecular complexity index is 998. The first-order valence-electron chi connectivity index (χ1n) is 8.08. The molecule has 7 nitrogen and oxygen atoms in total. The van der Waals surface area contributed by atoms with Crippen molar-refractivity contribution in [2.24, 2.45) is 0 Å². The molecule has 0 aliphatic carbocycles. The van der Waals surface area contributed by atoms with E-state index in [0.29, 0.717) is 29.0 Å². The zero-order valence-corrected chi connectivity index (χ0v) is 13.4. The number of aryl methyl sites for hydroxylation is 1. The lowest BCUT2D eigenvalue weighted by molar-refractivity contribution is -0.118. The molecule has 3 aromatic rings. The van der Waals surface area contributed by atoms with Crippen LogP contribution in [0.2, 0.25) is 0 Å². The van der Waals surface area contributed by atoms with Crippen LogP contribution in [0.25, 0.3) is 10.9 Å². The van der Waals surface area contributed by atoms with Gasteiger partial charge in [0.25, 0.3) is 11.5 Å². The number of hydrogen-bond donors (Lipinski definition) is 1. The van der Waals surface area contributed by atoms with E-state index < -0.39 is 0 Å². The summed E-state index contributed by atoms with van der Waals surface area (Å²) in [4.78, 5) is 33.0. The predicted molar refractivity (Wildman–Crippen MR) is 92.7 cm³/mol. The van der Waals surface area contributed by atoms with Gasteiger partial charge >= 0.3 is 0 Å². The van der Waals surface area contributed by atoms with Gasteiger partial charge in [0.05, 0.1) is 10.9 Å². The van der Waals surface area contributed by atoms with Crippen LogP contribution in [0.4, 0.5) is 5.82 Å². The first-order chi connectivity index (χ1) is 12.2. The van der Waals surface area contributed by atoms with Crippen molar-refractivity contribution in [3.8, 4) is 5.75 Å². The smallest absolute Gasteiger partial charge is 0.263 e. The van der Waals surface area contributed by atoms with E-state index in [4.69, 9.17) is 4.74 Å². The predicted octanol–water partition coefficient (Wildman–Crippen LogP) is 1.76. The van der Waals surface area contributed by atoms with Crippen molar-refractivity contribution in [3.05, 3.63) is 58.8 Å². The Balaban J connectivity index is 1.50. The minimum absolute atomic E-state index is 0.0547. The van der Waals surface area contributed by atoms with Gasteiger partial charge in [-0.15, -0.1) is 0 Å². The quantitative estimate of drug-likeness (QED) is 0.784. The highest BCUT2D eigenvalue weighted by Crippen LogP contribution is 2.19. The summed E-state index contributed by atoms with van der Waals surface area (Å²) in [5.74, 6) is 1.44. The normalized spacial score (nSPS) is 12.8. The van der Waals surface area contributed by atoms with Crippen molar-refractivity contribution in [2.45, 2.75) is 19.4 Å². The number of amides is 1. The maximum Gasteiger partial charge on any atom is 0.263 e. The van der Waals surface area contributed by atoms with E-state index in [-0.39, 0.29) is 18.1 Å². The fourth-order valence-electron chi connectivity index (χ4n) is 2.92. The van der Waals surface area contributed by atoms with E-state index in [0.717, 1.165) is 18.7 Å². The lowest BCUT2D eigenvalue weighted by atomic mass is 10.2. The molecule has 2 aromatic heterocycles. The fourth-order valence-corrected chi connectivity index (χ4v) is 2.92. The van der Waals surface area contributed by atoms with Crippen LogP contribution in [0.1, 0.15) is 12.2 Å². The third kappa shape index (κ3) is 3.08. The number of fused-ring (bicyclic) bond motifs is 2. The molecule has 0 bridgehead atoms. The number of nitrogens with zero attached hydrogens (tertiary/aromatic N) is 3. The zero-order chi connectivity index (χ0) is 17.2. The molecule has 1 amide bonds. The second kappa shape index (κ2) is 6.35. The molecule has 0 saturated heterocycles. The first-order valence-corrected chi connectivity index (χ1v) is 8.08. The topological polar surface area (TPSA) is 86.1 Å². The van der Waals surface area contributed by atoms with Gasteiger partial charge in [0.15, 0.2) is 6.61 Å². The van der Waals surface area contributed by atoms with Gasteiger partial charge in [0.2, 0.25) is 0 Å². The lowest BCUT2D eigenvalue weighted by Gasteiger charge is -2.09. The molecule has 0 fully saturated rings. The van der Waals surface area contributed by atoms with Crippen LogP contribution in [-0.4, -0.2) is 27.0 Å². The van der Waals surface area contributed by atoms with Gasteiger partial charge in [-0.2, -0.15) is 0 Å². The van der Waals surface area contributed by atoms with Crippen molar-refractivity contribution < 1.29 is 9.53 Å². The summed E-state index contributed by atoms with van der Waals surface area (Å²) in [6, 6.07) is 10.4. The number of anilines is 1. The monoisotopic (exact) mass is 336 g/mol. The van der Waals surface area contributed by atoms with Crippen LogP contribution in [-0.2, 0) is 17.8 Å². The Morgan fingerprint density at radius 1 is 1.28 bits per heavy atom. The van der Waals surface area contributed by atoms with Gasteiger partial charge in [-0.25, -0.2) is 9.97 Å². The van der Waals surface area contributed by atoms with Crippen molar-refractivity contribution >= 4 is 22.6 Å². The number of carbonyl (C=O) groups is 1. The van der Waals surface area contributed by atoms with Crippen LogP contribution in [0.3, 0.4) is 0 Å². The molecule has 0 atom stereocenters. The van der Waals surface area contributed by atoms with Crippen LogP contribution < -0.4 is 15.6 Å². The van der Waals surface area contributed by atoms with E-state index >= 15 is 0 Å². The third-order valence-corrected chi connectivity index (χ3v) is 4.09. The van der Waals surface area contributed by atoms with Crippen molar-refractivity contribution in [1.29, 1.82) is 0 Å². The second-order valence-electron chi connectivity index (χ2n) is 5.82. The summed E-state index contributed by atoms with van der Waals surface area (Å²) in [7, 11) is 0. The van der Waals surface area contributed by atoms with Crippen molar-refractivity contribution in [3.63, 3.8) is 0 Å². The average molecular weight is 336 g/mol. The summed E-state index contributed by atoms with van der Waals surface area (Å²) < 4.78 is 7.21. The van der Waals surface area contributed by atoms with Crippen molar-refractivity contribution in [1.82, 2.24) is 14.5 Å². The molecule has 1 aromatic carbocycles. The number of rotatable bonds is 4. The van der Waals surface area contributed by atoms with E-state index in [1.807, 2.05) is 0 Å². The second-order valence-corrected chi connectivity index (χ2v) is 5.82. The first kappa shape index (κ1) is 15.3. The molecule has 1 aliphatic heterocycles. The SMILES string of the molecule is O=C(COc1ccc2nc3n(c(=O)c2c1)CCC3)Nc1ccccn1. The molecule has 7 heteroatoms. The van der Waals surface area contributed by atoms with Crippen LogP contribution in [0.5, 0.6) is 5.75 Å². The average Bonchev–Trinajstić information content (AvgIpc) is 3.10. The van der Waals surface area contributed by atoms with Gasteiger partial charge in [0, 0.05) is 19.2 Å². The number of ether oxygens (including phenoxy) is 1. The molecule has 25 heavy (non-hydrogen) atoms. The number of pyridine rings is 1. The number of carbonyl (C=O) groups excluding carboxylic acids is 1. The van der Waals surface area contributed by atoms with Crippen molar-refractivity contribution in [2.75, 3.05) is 11.9 Å². The Morgan fingerprint density at radius 2 is 2.20 bits per heavy atom. The third-order valence-electron chi connectivity index (χ3n) is 4.09. The fraction of sp³-hybridized carbons (Fsp3) is 0.222. The molecule has 3 heterocycles. The Hall–Kier alpha value is -3.22. The lowest BCUT2D eigenvalue weighted by Crippen LogP contribution is -2.22. The maximum absolute atomic E-state index is 12.5. The highest BCUT2D eigenvalue weighted by Gasteiger charge is 2.16. The van der Waals surface area contributed by atoms with E-state index in [2.05, 4.69) is 15.3 Å². The number of benzene rings is 1. The minimum Gasteiger partial charge on any atom is -0.484 e. The van der Waals surface area contributed by atoms with E-state index in [9.17, 15) is 9.59 Å². The van der Waals surface area contributed by atoms with Gasteiger partial charge in [-0.3, -0.25) is 14.2 Å². The number of hydrogen-bond acceptors (Lipinski definition) is 5. The number of aromatic nitrogens is 3. The highest BCUT2D eigenvalue weighted by molar-refractivity contribution is 5.91. The molecule has 0 unspecified atom stereocenters. The molecule has 1 N–H and O–H groups in total. The van der Waals surface area contributed by atoms with Gasteiger partial charge in [0.1, 0.15) is 17.4 Å². The summed E-state index contributed by atoms with van der Waals surface area (Å²) in [5, 5.41) is 3.15. The van der Waals surface area contributed by atoms with Crippen LogP contribution in [0.15, 0.2) is 47.4 Å². The highest BCUT2D eigenvalue weighted by atomic mass is 16.5. The molecule has 1 aliphatic rings. The number of nitrogens with one attached hydrogen (secondary N) is 1. The van der Waals surface area contributed by atoms with Gasteiger partial charge in [-0.05, 0) is 36.8 Å². The molecule has 126 valence electrons. The molecule has 4 rings (SSSR count). The van der Waals surface area contributed by atoms with Gasteiger partial charge in [-0.1, -0.05) is 6.07 Å². The zero-order valence-electron chi connectivity index (χ0n) is 13.4. The molecular formula is C18H16N4O3. The van der Waals surface area contributed by atoms with E-state index in [1.165, 1.54) is 0 Å². The summed E-state index contributed by atoms with van der Waals surface area (Å²) >= 11 is 0. The molecule has 0 radical (unpaired) electrons. The molecule has 0 saturated carbocycles. The summed E-state index contributed by atoms with van der Waals surface area (Å²) in [5.41, 5.74) is 0.601. The Labute approximate surface area is 143 Å². The Morgan fingerprint density at radius 3 is 3.04 bits per heavy atom. The standard InChI is InChI=1S/C18H16N4O3/c23-17(21-15-4-1-2-8-19-15)11-25-12-6-7-14-13(10-12)18(24)22-9-3-5-16(22)20-14/h1-2,4,6-8,10H,3,5,9,11H2,(H,19,21,23). The molecular weight excluding hydrogens is 320 g/mol. The maximum atomic E-state index is 12.5. The minimum atomic E-state index is -0.317. The molecule has 0 spiro atoms. The summed E-state index contributed by atoms with van der Waals surface area (Å²) in [6.07, 6.45) is 3.37. The largest absolute Gasteiger partial charge is 0.484 e. The van der Waals surface area contributed by atoms with Crippen LogP contribution >= 0.6 is 0 Å². The Kier molecular flexibility index (Phi) is 3.89. The van der Waals surface area contributed by atoms with Crippen LogP contribution in [0, 0.1) is 0 Å². The summed E-state index contributed by atoms with van der Waals surface area (Å²) in [6.45, 7) is 0.538. The van der Waals surface area contributed by atoms with E-state index in [1.54, 1.807) is 47.2 Å². The van der Waals surface area contributed by atoms with Gasteiger partial charge < -0.3 is 10.1 Å².